The van der Waals surface area contributed by atoms with Crippen molar-refractivity contribution < 1.29 is 27.2 Å². The largest absolute Gasteiger partial charge is 0.465 e. The monoisotopic (exact) mass is 398 g/mol. The molecule has 1 aliphatic heterocycles. The number of carbonyl (C=O) groups excluding carboxylic acids is 2. The lowest BCUT2D eigenvalue weighted by Gasteiger charge is -2.24. The third-order valence-corrected chi connectivity index (χ3v) is 6.70. The SMILES string of the molecule is COC(=O)c1ccc(NC(=O)c2ccc(S(=O)(=O)N3CCCCC3)o2)s1. The summed E-state index contributed by atoms with van der Waals surface area (Å²) in [6.45, 7) is 0.909. The van der Waals surface area contributed by atoms with Crippen LogP contribution in [0.1, 0.15) is 39.5 Å². The molecule has 1 N–H and O–H groups in total. The van der Waals surface area contributed by atoms with E-state index in [1.165, 1.54) is 29.6 Å². The fourth-order valence-corrected chi connectivity index (χ4v) is 4.85. The molecule has 0 unspecified atom stereocenters. The van der Waals surface area contributed by atoms with Crippen LogP contribution in [0.2, 0.25) is 0 Å². The quantitative estimate of drug-likeness (QED) is 0.776. The number of piperidine rings is 1. The number of thiophene rings is 1. The second-order valence-corrected chi connectivity index (χ2v) is 8.65. The Morgan fingerprint density at radius 1 is 1.15 bits per heavy atom. The Morgan fingerprint density at radius 3 is 2.58 bits per heavy atom. The maximum atomic E-state index is 12.5. The first kappa shape index (κ1) is 18.6. The number of amides is 1. The van der Waals surface area contributed by atoms with Crippen LogP contribution >= 0.6 is 11.3 Å². The van der Waals surface area contributed by atoms with Crippen LogP contribution in [-0.4, -0.2) is 44.8 Å². The molecular weight excluding hydrogens is 380 g/mol. The van der Waals surface area contributed by atoms with Crippen LogP contribution in [0, 0.1) is 0 Å². The molecule has 0 bridgehead atoms. The molecule has 3 rings (SSSR count). The zero-order valence-corrected chi connectivity index (χ0v) is 15.7. The second kappa shape index (κ2) is 7.60. The summed E-state index contributed by atoms with van der Waals surface area (Å²) in [5.74, 6) is -1.21. The topological polar surface area (TPSA) is 106 Å². The van der Waals surface area contributed by atoms with Crippen LogP contribution in [0.15, 0.2) is 33.8 Å². The lowest BCUT2D eigenvalue weighted by Crippen LogP contribution is -2.35. The van der Waals surface area contributed by atoms with E-state index in [4.69, 9.17) is 4.42 Å². The van der Waals surface area contributed by atoms with Gasteiger partial charge in [0.2, 0.25) is 5.09 Å². The molecule has 2 aromatic rings. The average Bonchev–Trinajstić information content (AvgIpc) is 3.32. The molecule has 0 aliphatic carbocycles. The summed E-state index contributed by atoms with van der Waals surface area (Å²) in [5, 5.41) is 2.75. The van der Waals surface area contributed by atoms with Crippen LogP contribution in [0.25, 0.3) is 0 Å². The van der Waals surface area contributed by atoms with E-state index in [2.05, 4.69) is 10.1 Å². The highest BCUT2D eigenvalue weighted by molar-refractivity contribution is 7.89. The summed E-state index contributed by atoms with van der Waals surface area (Å²) in [7, 11) is -2.46. The van der Waals surface area contributed by atoms with Crippen molar-refractivity contribution in [2.24, 2.45) is 0 Å². The van der Waals surface area contributed by atoms with Crippen molar-refractivity contribution in [1.29, 1.82) is 0 Å². The van der Waals surface area contributed by atoms with Crippen molar-refractivity contribution in [3.63, 3.8) is 0 Å². The number of sulfonamides is 1. The Hall–Kier alpha value is -2.17. The summed E-state index contributed by atoms with van der Waals surface area (Å²) in [6.07, 6.45) is 2.63. The third kappa shape index (κ3) is 3.81. The minimum absolute atomic E-state index is 0.117. The van der Waals surface area contributed by atoms with E-state index >= 15 is 0 Å². The predicted molar refractivity (Wildman–Crippen MR) is 94.9 cm³/mol. The van der Waals surface area contributed by atoms with Crippen LogP contribution < -0.4 is 5.32 Å². The van der Waals surface area contributed by atoms with E-state index in [9.17, 15) is 18.0 Å². The number of nitrogens with zero attached hydrogens (tertiary/aromatic N) is 1. The van der Waals surface area contributed by atoms with Gasteiger partial charge in [-0.3, -0.25) is 4.79 Å². The molecule has 2 aromatic heterocycles. The molecule has 0 radical (unpaired) electrons. The van der Waals surface area contributed by atoms with Gasteiger partial charge >= 0.3 is 5.97 Å². The van der Waals surface area contributed by atoms with Gasteiger partial charge in [0.05, 0.1) is 12.1 Å². The number of hydrogen-bond donors (Lipinski definition) is 1. The van der Waals surface area contributed by atoms with E-state index in [0.717, 1.165) is 30.6 Å². The molecule has 0 atom stereocenters. The fraction of sp³-hybridized carbons (Fsp3) is 0.375. The number of carbonyl (C=O) groups is 2. The van der Waals surface area contributed by atoms with Gasteiger partial charge in [-0.15, -0.1) is 11.3 Å². The van der Waals surface area contributed by atoms with E-state index < -0.39 is 21.9 Å². The van der Waals surface area contributed by atoms with Gasteiger partial charge < -0.3 is 14.5 Å². The van der Waals surface area contributed by atoms with Gasteiger partial charge in [0.15, 0.2) is 5.76 Å². The minimum Gasteiger partial charge on any atom is -0.465 e. The maximum absolute atomic E-state index is 12.5. The zero-order chi connectivity index (χ0) is 18.7. The van der Waals surface area contributed by atoms with Gasteiger partial charge in [-0.1, -0.05) is 6.42 Å². The zero-order valence-electron chi connectivity index (χ0n) is 14.1. The average molecular weight is 398 g/mol. The first-order valence-corrected chi connectivity index (χ1v) is 10.3. The normalized spacial score (nSPS) is 15.6. The summed E-state index contributed by atoms with van der Waals surface area (Å²) >= 11 is 1.05. The molecule has 26 heavy (non-hydrogen) atoms. The third-order valence-electron chi connectivity index (χ3n) is 3.94. The van der Waals surface area contributed by atoms with Crippen molar-refractivity contribution in [3.05, 3.63) is 34.9 Å². The van der Waals surface area contributed by atoms with Gasteiger partial charge in [0.25, 0.3) is 15.9 Å². The second-order valence-electron chi connectivity index (χ2n) is 5.69. The van der Waals surface area contributed by atoms with Crippen molar-refractivity contribution in [3.8, 4) is 0 Å². The van der Waals surface area contributed by atoms with Crippen LogP contribution in [0.3, 0.4) is 0 Å². The highest BCUT2D eigenvalue weighted by Crippen LogP contribution is 2.25. The molecule has 140 valence electrons. The number of hydrogen-bond acceptors (Lipinski definition) is 7. The molecule has 1 amide bonds. The van der Waals surface area contributed by atoms with Crippen LogP contribution in [0.5, 0.6) is 0 Å². The van der Waals surface area contributed by atoms with E-state index in [1.54, 1.807) is 6.07 Å². The Balaban J connectivity index is 1.71. The molecule has 3 heterocycles. The summed E-state index contributed by atoms with van der Waals surface area (Å²) in [5.41, 5.74) is 0. The lowest BCUT2D eigenvalue weighted by molar-refractivity contribution is 0.0606. The standard InChI is InChI=1S/C16H18N2O6S2/c1-23-16(20)12-6-7-13(25-12)17-15(19)11-5-8-14(24-11)26(21,22)18-9-3-2-4-10-18/h5-8H,2-4,9-10H2,1H3,(H,17,19). The molecule has 0 spiro atoms. The smallest absolute Gasteiger partial charge is 0.348 e. The van der Waals surface area contributed by atoms with Gasteiger partial charge in [-0.2, -0.15) is 4.31 Å². The first-order valence-electron chi connectivity index (χ1n) is 8.01. The Kier molecular flexibility index (Phi) is 5.44. The van der Waals surface area contributed by atoms with Crippen LogP contribution in [-0.2, 0) is 14.8 Å². The molecule has 1 saturated heterocycles. The Bertz CT molecular complexity index is 909. The van der Waals surface area contributed by atoms with Crippen molar-refractivity contribution in [2.45, 2.75) is 24.4 Å². The number of furan rings is 1. The molecule has 10 heteroatoms. The number of nitrogens with one attached hydrogen (secondary N) is 1. The van der Waals surface area contributed by atoms with Gasteiger partial charge in [0.1, 0.15) is 4.88 Å². The highest BCUT2D eigenvalue weighted by atomic mass is 32.2. The first-order chi connectivity index (χ1) is 12.4. The minimum atomic E-state index is -3.73. The van der Waals surface area contributed by atoms with Gasteiger partial charge in [-0.05, 0) is 37.1 Å². The Morgan fingerprint density at radius 2 is 1.88 bits per heavy atom. The number of esters is 1. The molecule has 8 nitrogen and oxygen atoms in total. The summed E-state index contributed by atoms with van der Waals surface area (Å²) in [6, 6.07) is 5.69. The number of anilines is 1. The highest BCUT2D eigenvalue weighted by Gasteiger charge is 2.29. The summed E-state index contributed by atoms with van der Waals surface area (Å²) in [4.78, 5) is 24.0. The summed E-state index contributed by atoms with van der Waals surface area (Å²) < 4.78 is 36.4. The van der Waals surface area contributed by atoms with Crippen LogP contribution in [0.4, 0.5) is 5.00 Å². The van der Waals surface area contributed by atoms with E-state index in [0.29, 0.717) is 23.0 Å². The molecular formula is C16H18N2O6S2. The molecule has 0 saturated carbocycles. The van der Waals surface area contributed by atoms with Crippen molar-refractivity contribution in [1.82, 2.24) is 4.31 Å². The van der Waals surface area contributed by atoms with E-state index in [1.807, 2.05) is 0 Å². The Labute approximate surface area is 154 Å². The molecule has 1 aliphatic rings. The van der Waals surface area contributed by atoms with E-state index in [-0.39, 0.29) is 10.9 Å². The van der Waals surface area contributed by atoms with Crippen molar-refractivity contribution in [2.75, 3.05) is 25.5 Å². The maximum Gasteiger partial charge on any atom is 0.348 e. The van der Waals surface area contributed by atoms with Gasteiger partial charge in [0, 0.05) is 13.1 Å². The molecule has 0 aromatic carbocycles. The molecule has 1 fully saturated rings. The lowest BCUT2D eigenvalue weighted by atomic mass is 10.2. The number of rotatable bonds is 5. The predicted octanol–water partition coefficient (Wildman–Crippen LogP) is 2.55. The number of ether oxygens (including phenoxy) is 1. The number of methoxy groups -OCH3 is 1. The fourth-order valence-electron chi connectivity index (χ4n) is 2.60. The van der Waals surface area contributed by atoms with Crippen molar-refractivity contribution >= 4 is 38.2 Å². The van der Waals surface area contributed by atoms with Gasteiger partial charge in [-0.25, -0.2) is 13.2 Å².